The highest BCUT2D eigenvalue weighted by molar-refractivity contribution is 5.97. The normalized spacial score (nSPS) is 20.2. The Morgan fingerprint density at radius 3 is 2.32 bits per heavy atom. The van der Waals surface area contributed by atoms with Crippen LogP contribution >= 0.6 is 0 Å². The molecule has 2 aliphatic heterocycles. The van der Waals surface area contributed by atoms with Crippen LogP contribution < -0.4 is 29.6 Å². The Bertz CT molecular complexity index is 2210. The number of amides is 1. The lowest BCUT2D eigenvalue weighted by Crippen LogP contribution is -2.43. The summed E-state index contributed by atoms with van der Waals surface area (Å²) in [5.41, 5.74) is 5.26. The molecule has 1 aromatic heterocycles. The summed E-state index contributed by atoms with van der Waals surface area (Å²) in [6.45, 7) is 0.239. The standard InChI is InChI=1S/C40H37N3O10/c1-48-32-13-21(14-33(49-2)37(32)44)34-25-15-30-31(53-19-52-30)16-26(25)36(27-18-51-40(47)35(27)34)42-23-10-8-20(9-11-23)38(45)43-29(39(46)50-3)12-22-17-41-28-7-5-4-6-24(22)28/h4-11,13-17,27,29,34-36,41-42,44H,12,18-19H2,1-3H3,(H,43,45)/t27-,29-,34+,35-,36+/m0/s1. The van der Waals surface area contributed by atoms with E-state index >= 15 is 0 Å². The van der Waals surface area contributed by atoms with E-state index in [2.05, 4.69) is 15.6 Å². The number of methoxy groups -OCH3 is 3. The number of aromatic hydroxyl groups is 1. The number of rotatable bonds is 10. The highest BCUT2D eigenvalue weighted by Gasteiger charge is 2.52. The number of anilines is 1. The predicted molar refractivity (Wildman–Crippen MR) is 192 cm³/mol. The van der Waals surface area contributed by atoms with Gasteiger partial charge in [0, 0.05) is 46.6 Å². The Morgan fingerprint density at radius 2 is 1.62 bits per heavy atom. The number of nitrogens with one attached hydrogen (secondary N) is 3. The monoisotopic (exact) mass is 719 g/mol. The number of hydrogen-bond acceptors (Lipinski definition) is 11. The molecule has 1 saturated heterocycles. The topological polar surface area (TPSA) is 167 Å². The highest BCUT2D eigenvalue weighted by Crippen LogP contribution is 2.56. The van der Waals surface area contributed by atoms with Gasteiger partial charge in [-0.3, -0.25) is 9.59 Å². The number of carbonyl (C=O) groups is 3. The number of benzene rings is 4. The van der Waals surface area contributed by atoms with Gasteiger partial charge in [-0.1, -0.05) is 18.2 Å². The average Bonchev–Trinajstić information content (AvgIpc) is 3.92. The molecule has 8 rings (SSSR count). The number of phenols is 1. The van der Waals surface area contributed by atoms with E-state index in [0.717, 1.165) is 27.6 Å². The molecule has 1 aliphatic carbocycles. The molecule has 0 bridgehead atoms. The van der Waals surface area contributed by atoms with Gasteiger partial charge in [-0.15, -0.1) is 0 Å². The van der Waals surface area contributed by atoms with Crippen LogP contribution in [0.1, 0.15) is 44.6 Å². The first kappa shape index (κ1) is 33.8. The van der Waals surface area contributed by atoms with Crippen molar-refractivity contribution in [1.82, 2.24) is 10.3 Å². The zero-order valence-corrected chi connectivity index (χ0v) is 29.1. The molecule has 53 heavy (non-hydrogen) atoms. The number of para-hydroxylation sites is 1. The van der Waals surface area contributed by atoms with Gasteiger partial charge < -0.3 is 49.1 Å². The number of cyclic esters (lactones) is 1. The van der Waals surface area contributed by atoms with Gasteiger partial charge in [0.15, 0.2) is 23.0 Å². The summed E-state index contributed by atoms with van der Waals surface area (Å²) >= 11 is 0. The summed E-state index contributed by atoms with van der Waals surface area (Å²) in [6.07, 6.45) is 2.08. The van der Waals surface area contributed by atoms with Crippen LogP contribution in [-0.2, 0) is 25.5 Å². The minimum Gasteiger partial charge on any atom is -0.502 e. The zero-order valence-electron chi connectivity index (χ0n) is 29.1. The molecule has 1 fully saturated rings. The van der Waals surface area contributed by atoms with Gasteiger partial charge in [-0.25, -0.2) is 4.79 Å². The molecule has 4 N–H and O–H groups in total. The summed E-state index contributed by atoms with van der Waals surface area (Å²) < 4.78 is 33.2. The number of phenolic OH excluding ortho intramolecular Hbond substituents is 1. The first-order valence-corrected chi connectivity index (χ1v) is 17.1. The third kappa shape index (κ3) is 5.97. The summed E-state index contributed by atoms with van der Waals surface area (Å²) in [4.78, 5) is 43.0. The molecule has 0 radical (unpaired) electrons. The van der Waals surface area contributed by atoms with Crippen molar-refractivity contribution in [2.75, 3.05) is 40.0 Å². The quantitative estimate of drug-likeness (QED) is 0.140. The fourth-order valence-corrected chi connectivity index (χ4v) is 7.84. The van der Waals surface area contributed by atoms with Gasteiger partial charge in [0.1, 0.15) is 6.04 Å². The SMILES string of the molecule is COC(=O)[C@H](Cc1c[nH]c2ccccc12)NC(=O)c1ccc(N[C@@H]2c3cc4c(cc3[C@@H](c3cc(OC)c(O)c(OC)c3)[C@H]3C(=O)OC[C@@H]32)OCO4)cc1. The molecule has 1 amide bonds. The van der Waals surface area contributed by atoms with Crippen molar-refractivity contribution in [3.8, 4) is 28.7 Å². The van der Waals surface area contributed by atoms with Gasteiger partial charge in [-0.2, -0.15) is 0 Å². The molecular weight excluding hydrogens is 682 g/mol. The van der Waals surface area contributed by atoms with Gasteiger partial charge in [0.05, 0.1) is 39.9 Å². The third-order valence-corrected chi connectivity index (χ3v) is 10.4. The second kappa shape index (κ2) is 13.6. The van der Waals surface area contributed by atoms with Crippen molar-refractivity contribution in [2.45, 2.75) is 24.4 Å². The largest absolute Gasteiger partial charge is 0.502 e. The van der Waals surface area contributed by atoms with Crippen LogP contribution in [0.25, 0.3) is 10.9 Å². The van der Waals surface area contributed by atoms with Crippen LogP contribution in [0.15, 0.2) is 79.0 Å². The summed E-state index contributed by atoms with van der Waals surface area (Å²) in [7, 11) is 4.20. The minimum atomic E-state index is -0.908. The zero-order chi connectivity index (χ0) is 36.8. The number of ether oxygens (including phenoxy) is 6. The van der Waals surface area contributed by atoms with Gasteiger partial charge in [-0.05, 0) is 76.9 Å². The number of hydrogen-bond donors (Lipinski definition) is 4. The molecule has 0 spiro atoms. The number of esters is 2. The Kier molecular flexibility index (Phi) is 8.69. The molecule has 3 heterocycles. The number of fused-ring (bicyclic) bond motifs is 4. The maximum absolute atomic E-state index is 13.6. The average molecular weight is 720 g/mol. The van der Waals surface area contributed by atoms with Gasteiger partial charge in [0.2, 0.25) is 12.5 Å². The highest BCUT2D eigenvalue weighted by atomic mass is 16.7. The minimum absolute atomic E-state index is 0.0683. The maximum atomic E-state index is 13.6. The molecule has 3 aliphatic rings. The fourth-order valence-electron chi connectivity index (χ4n) is 7.84. The van der Waals surface area contributed by atoms with E-state index in [1.807, 2.05) is 42.6 Å². The second-order valence-corrected chi connectivity index (χ2v) is 13.2. The molecular formula is C40H37N3O10. The lowest BCUT2D eigenvalue weighted by Gasteiger charge is -2.40. The third-order valence-electron chi connectivity index (χ3n) is 10.4. The molecule has 5 atom stereocenters. The Hall–Kier alpha value is -6.37. The predicted octanol–water partition coefficient (Wildman–Crippen LogP) is 5.22. The Labute approximate surface area is 304 Å². The van der Waals surface area contributed by atoms with E-state index in [-0.39, 0.29) is 49.0 Å². The van der Waals surface area contributed by atoms with Crippen molar-refractivity contribution in [3.05, 3.63) is 107 Å². The number of H-pyrrole nitrogens is 1. The van der Waals surface area contributed by atoms with Crippen molar-refractivity contribution >= 4 is 34.4 Å². The number of aromatic amines is 1. The Balaban J connectivity index is 1.08. The lowest BCUT2D eigenvalue weighted by molar-refractivity contribution is -0.143. The Morgan fingerprint density at radius 1 is 0.925 bits per heavy atom. The van der Waals surface area contributed by atoms with Crippen LogP contribution in [0.2, 0.25) is 0 Å². The van der Waals surface area contributed by atoms with E-state index in [0.29, 0.717) is 28.3 Å². The number of aromatic nitrogens is 1. The first-order chi connectivity index (χ1) is 25.8. The van der Waals surface area contributed by atoms with Crippen LogP contribution in [0.5, 0.6) is 28.7 Å². The molecule has 13 nitrogen and oxygen atoms in total. The van der Waals surface area contributed by atoms with Crippen LogP contribution in [0.3, 0.4) is 0 Å². The van der Waals surface area contributed by atoms with Crippen LogP contribution in [0.4, 0.5) is 5.69 Å². The van der Waals surface area contributed by atoms with Crippen molar-refractivity contribution in [2.24, 2.45) is 11.8 Å². The molecule has 13 heteroatoms. The molecule has 0 saturated carbocycles. The van der Waals surface area contributed by atoms with Gasteiger partial charge in [0.25, 0.3) is 5.91 Å². The van der Waals surface area contributed by atoms with E-state index in [4.69, 9.17) is 28.4 Å². The molecule has 272 valence electrons. The van der Waals surface area contributed by atoms with Crippen molar-refractivity contribution in [1.29, 1.82) is 0 Å². The lowest BCUT2D eigenvalue weighted by atomic mass is 9.65. The van der Waals surface area contributed by atoms with Gasteiger partial charge >= 0.3 is 11.9 Å². The van der Waals surface area contributed by atoms with Crippen molar-refractivity contribution in [3.63, 3.8) is 0 Å². The van der Waals surface area contributed by atoms with E-state index in [1.165, 1.54) is 21.3 Å². The number of carbonyl (C=O) groups excluding carboxylic acids is 3. The van der Waals surface area contributed by atoms with E-state index in [9.17, 15) is 19.5 Å². The maximum Gasteiger partial charge on any atom is 0.328 e. The van der Waals surface area contributed by atoms with Crippen molar-refractivity contribution < 1.29 is 47.9 Å². The van der Waals surface area contributed by atoms with Crippen LogP contribution in [0, 0.1) is 11.8 Å². The molecule has 0 unspecified atom stereocenters. The summed E-state index contributed by atoms with van der Waals surface area (Å²) in [5, 5.41) is 18.1. The van der Waals surface area contributed by atoms with E-state index < -0.39 is 35.8 Å². The second-order valence-electron chi connectivity index (χ2n) is 13.2. The summed E-state index contributed by atoms with van der Waals surface area (Å²) in [5.74, 6) is -1.30. The fraction of sp³-hybridized carbons (Fsp3) is 0.275. The molecule has 5 aromatic rings. The van der Waals surface area contributed by atoms with E-state index in [1.54, 1.807) is 36.4 Å². The summed E-state index contributed by atoms with van der Waals surface area (Å²) in [6, 6.07) is 20.6. The molecule has 4 aromatic carbocycles. The van der Waals surface area contributed by atoms with Crippen LogP contribution in [-0.4, -0.2) is 68.7 Å². The smallest absolute Gasteiger partial charge is 0.328 e. The first-order valence-electron chi connectivity index (χ1n) is 17.1.